The van der Waals surface area contributed by atoms with Gasteiger partial charge in [0.25, 0.3) is 15.9 Å². The average molecular weight is 512 g/mol. The number of pyridine rings is 1. The van der Waals surface area contributed by atoms with Crippen LogP contribution in [0, 0.1) is 5.82 Å². The fourth-order valence-electron chi connectivity index (χ4n) is 3.22. The molecule has 0 radical (unpaired) electrons. The second-order valence-corrected chi connectivity index (χ2v) is 9.69. The van der Waals surface area contributed by atoms with E-state index in [0.29, 0.717) is 0 Å². The van der Waals surface area contributed by atoms with Crippen LogP contribution in [-0.2, 0) is 10.0 Å². The van der Waals surface area contributed by atoms with Gasteiger partial charge >= 0.3 is 0 Å². The van der Waals surface area contributed by atoms with Crippen LogP contribution in [0.25, 0.3) is 0 Å². The zero-order valence-electron chi connectivity index (χ0n) is 16.7. The summed E-state index contributed by atoms with van der Waals surface area (Å²) in [5.41, 5.74) is -0.376. The SMILES string of the molecule is O=C(Nc1ccc2c(n1)N(S(=O)(=O)c1cccc(Cl)c1)C[C@H](CO)O2)c1c(F)cccc1Cl. The topological polar surface area (TPSA) is 109 Å². The van der Waals surface area contributed by atoms with Crippen LogP contribution >= 0.6 is 23.2 Å². The fraction of sp³-hybridized carbons (Fsp3) is 0.143. The van der Waals surface area contributed by atoms with E-state index in [0.717, 1.165) is 10.4 Å². The zero-order chi connectivity index (χ0) is 23.8. The van der Waals surface area contributed by atoms with Crippen molar-refractivity contribution >= 4 is 50.8 Å². The number of nitrogens with one attached hydrogen (secondary N) is 1. The van der Waals surface area contributed by atoms with Gasteiger partial charge in [-0.1, -0.05) is 35.3 Å². The molecule has 0 fully saturated rings. The Bertz CT molecular complexity index is 1320. The van der Waals surface area contributed by atoms with Gasteiger partial charge in [0.2, 0.25) is 0 Å². The van der Waals surface area contributed by atoms with Gasteiger partial charge in [-0.3, -0.25) is 4.79 Å². The van der Waals surface area contributed by atoms with Gasteiger partial charge in [0, 0.05) is 5.02 Å². The summed E-state index contributed by atoms with van der Waals surface area (Å²) in [4.78, 5) is 16.7. The van der Waals surface area contributed by atoms with Crippen LogP contribution in [0.4, 0.5) is 16.0 Å². The molecule has 1 aliphatic rings. The van der Waals surface area contributed by atoms with E-state index in [4.69, 9.17) is 27.9 Å². The highest BCUT2D eigenvalue weighted by atomic mass is 35.5. The maximum Gasteiger partial charge on any atom is 0.265 e. The number of aliphatic hydroxyl groups excluding tert-OH is 1. The first-order valence-electron chi connectivity index (χ1n) is 9.53. The molecule has 172 valence electrons. The minimum atomic E-state index is -4.15. The number of hydrogen-bond acceptors (Lipinski definition) is 6. The minimum Gasteiger partial charge on any atom is -0.482 e. The molecule has 1 amide bonds. The van der Waals surface area contributed by atoms with Crippen molar-refractivity contribution in [2.24, 2.45) is 0 Å². The van der Waals surface area contributed by atoms with E-state index in [9.17, 15) is 22.7 Å². The van der Waals surface area contributed by atoms with Crippen LogP contribution < -0.4 is 14.4 Å². The van der Waals surface area contributed by atoms with Crippen molar-refractivity contribution in [3.8, 4) is 5.75 Å². The predicted octanol–water partition coefficient (Wildman–Crippen LogP) is 3.73. The zero-order valence-corrected chi connectivity index (χ0v) is 19.0. The number of nitrogens with zero attached hydrogens (tertiary/aromatic N) is 2. The molecule has 1 aliphatic heterocycles. The largest absolute Gasteiger partial charge is 0.482 e. The second-order valence-electron chi connectivity index (χ2n) is 6.98. The maximum absolute atomic E-state index is 14.1. The van der Waals surface area contributed by atoms with E-state index >= 15 is 0 Å². The third-order valence-corrected chi connectivity index (χ3v) is 7.06. The average Bonchev–Trinajstić information content (AvgIpc) is 2.78. The Morgan fingerprint density at radius 2 is 1.97 bits per heavy atom. The Morgan fingerprint density at radius 3 is 2.67 bits per heavy atom. The van der Waals surface area contributed by atoms with Crippen molar-refractivity contribution in [1.29, 1.82) is 0 Å². The number of benzene rings is 2. The number of carbonyl (C=O) groups is 1. The molecule has 2 aromatic carbocycles. The van der Waals surface area contributed by atoms with E-state index < -0.39 is 34.5 Å². The molecule has 1 aromatic heterocycles. The van der Waals surface area contributed by atoms with Crippen LogP contribution in [0.1, 0.15) is 10.4 Å². The number of fused-ring (bicyclic) bond motifs is 1. The summed E-state index contributed by atoms with van der Waals surface area (Å²) in [5, 5.41) is 12.1. The van der Waals surface area contributed by atoms with Crippen molar-refractivity contribution in [2.45, 2.75) is 11.0 Å². The van der Waals surface area contributed by atoms with Gasteiger partial charge in [-0.05, 0) is 42.5 Å². The van der Waals surface area contributed by atoms with Crippen molar-refractivity contribution in [1.82, 2.24) is 4.98 Å². The standard InChI is InChI=1S/C21H16Cl2FN3O5S/c22-12-3-1-4-14(9-12)33(30,31)27-10-13(11-28)32-17-7-8-18(25-20(17)27)26-21(29)19-15(23)5-2-6-16(19)24/h1-9,13,28H,10-11H2,(H,25,26,29)/t13-/m1/s1. The van der Waals surface area contributed by atoms with E-state index in [2.05, 4.69) is 10.3 Å². The highest BCUT2D eigenvalue weighted by Crippen LogP contribution is 2.37. The van der Waals surface area contributed by atoms with Crippen molar-refractivity contribution < 1.29 is 27.4 Å². The van der Waals surface area contributed by atoms with Gasteiger partial charge < -0.3 is 15.2 Å². The Kier molecular flexibility index (Phi) is 6.44. The highest BCUT2D eigenvalue weighted by Gasteiger charge is 2.36. The fourth-order valence-corrected chi connectivity index (χ4v) is 5.23. The number of amides is 1. The predicted molar refractivity (Wildman–Crippen MR) is 121 cm³/mol. The summed E-state index contributed by atoms with van der Waals surface area (Å²) in [5.74, 6) is -1.78. The van der Waals surface area contributed by atoms with E-state index in [1.165, 1.54) is 48.5 Å². The molecule has 0 saturated heterocycles. The Morgan fingerprint density at radius 1 is 1.21 bits per heavy atom. The second kappa shape index (κ2) is 9.14. The first kappa shape index (κ1) is 23.2. The summed E-state index contributed by atoms with van der Waals surface area (Å²) in [6, 6.07) is 12.2. The molecular weight excluding hydrogens is 496 g/mol. The number of aromatic nitrogens is 1. The molecule has 0 bridgehead atoms. The molecule has 8 nitrogen and oxygen atoms in total. The van der Waals surface area contributed by atoms with Crippen molar-refractivity contribution in [3.05, 3.63) is 76.0 Å². The molecule has 12 heteroatoms. The van der Waals surface area contributed by atoms with Gasteiger partial charge in [0.15, 0.2) is 11.6 Å². The molecule has 33 heavy (non-hydrogen) atoms. The summed E-state index contributed by atoms with van der Waals surface area (Å²) in [7, 11) is -4.15. The molecule has 3 aromatic rings. The lowest BCUT2D eigenvalue weighted by Gasteiger charge is -2.34. The van der Waals surface area contributed by atoms with Crippen molar-refractivity contribution in [3.63, 3.8) is 0 Å². The minimum absolute atomic E-state index is 0.0598. The smallest absolute Gasteiger partial charge is 0.265 e. The molecule has 0 saturated carbocycles. The molecule has 0 spiro atoms. The van der Waals surface area contributed by atoms with Crippen LogP contribution in [0.2, 0.25) is 10.0 Å². The lowest BCUT2D eigenvalue weighted by Crippen LogP contribution is -2.45. The molecular formula is C21H16Cl2FN3O5S. The Labute approximate surface area is 198 Å². The van der Waals surface area contributed by atoms with Crippen LogP contribution in [0.3, 0.4) is 0 Å². The summed E-state index contributed by atoms with van der Waals surface area (Å²) < 4.78 is 47.4. The molecule has 2 heterocycles. The number of ether oxygens (including phenoxy) is 1. The molecule has 0 aliphatic carbocycles. The van der Waals surface area contributed by atoms with Crippen LogP contribution in [0.15, 0.2) is 59.5 Å². The molecule has 0 unspecified atom stereocenters. The van der Waals surface area contributed by atoms with Crippen LogP contribution in [-0.4, -0.2) is 43.7 Å². The third kappa shape index (κ3) is 4.60. The Balaban J connectivity index is 1.73. The summed E-state index contributed by atoms with van der Waals surface area (Å²) >= 11 is 11.9. The van der Waals surface area contributed by atoms with Crippen molar-refractivity contribution in [2.75, 3.05) is 22.8 Å². The normalized spacial score (nSPS) is 15.5. The number of aliphatic hydroxyl groups is 1. The lowest BCUT2D eigenvalue weighted by atomic mass is 10.2. The molecule has 2 N–H and O–H groups in total. The Hall–Kier alpha value is -2.92. The third-order valence-electron chi connectivity index (χ3n) is 4.76. The number of carbonyl (C=O) groups excluding carboxylic acids is 1. The highest BCUT2D eigenvalue weighted by molar-refractivity contribution is 7.92. The van der Waals surface area contributed by atoms with E-state index in [1.54, 1.807) is 0 Å². The number of halogens is 3. The number of sulfonamides is 1. The first-order valence-corrected chi connectivity index (χ1v) is 11.7. The van der Waals surface area contributed by atoms with Gasteiger partial charge in [-0.25, -0.2) is 22.1 Å². The molecule has 1 atom stereocenters. The summed E-state index contributed by atoms with van der Waals surface area (Å²) in [6.45, 7) is -0.673. The summed E-state index contributed by atoms with van der Waals surface area (Å²) in [6.07, 6.45) is -0.842. The van der Waals surface area contributed by atoms with Gasteiger partial charge in [0.1, 0.15) is 17.7 Å². The number of hydrogen-bond donors (Lipinski definition) is 2. The number of anilines is 2. The first-order chi connectivity index (χ1) is 15.7. The monoisotopic (exact) mass is 511 g/mol. The number of rotatable bonds is 5. The van der Waals surface area contributed by atoms with Crippen LogP contribution in [0.5, 0.6) is 5.75 Å². The maximum atomic E-state index is 14.1. The van der Waals surface area contributed by atoms with E-state index in [1.807, 2.05) is 0 Å². The lowest BCUT2D eigenvalue weighted by molar-refractivity contribution is 0.102. The van der Waals surface area contributed by atoms with E-state index in [-0.39, 0.29) is 44.4 Å². The quantitative estimate of drug-likeness (QED) is 0.540. The molecule has 4 rings (SSSR count). The van der Waals surface area contributed by atoms with Gasteiger partial charge in [-0.15, -0.1) is 0 Å². The van der Waals surface area contributed by atoms with Gasteiger partial charge in [0.05, 0.1) is 28.6 Å². The van der Waals surface area contributed by atoms with Gasteiger partial charge in [-0.2, -0.15) is 0 Å².